The molecule has 1 aromatic carbocycles. The van der Waals surface area contributed by atoms with Crippen LogP contribution in [0.2, 0.25) is 0 Å². The lowest BCUT2D eigenvalue weighted by molar-refractivity contribution is -0.140. The maximum absolute atomic E-state index is 13.0. The fourth-order valence-electron chi connectivity index (χ4n) is 3.78. The van der Waals surface area contributed by atoms with E-state index in [0.717, 1.165) is 36.3 Å². The first kappa shape index (κ1) is 19.7. The molecular weight excluding hydrogens is 344 g/mol. The van der Waals surface area contributed by atoms with Gasteiger partial charge in [0.15, 0.2) is 0 Å². The highest BCUT2D eigenvalue weighted by Crippen LogP contribution is 2.39. The average Bonchev–Trinajstić information content (AvgIpc) is 3.16. The number of methoxy groups -OCH3 is 1. The van der Waals surface area contributed by atoms with Gasteiger partial charge < -0.3 is 19.6 Å². The molecule has 6 heteroatoms. The number of nitrogens with one attached hydrogen (secondary N) is 1. The molecule has 1 amide bonds. The number of nitrogens with zero attached hydrogens (tertiary/aromatic N) is 1. The van der Waals surface area contributed by atoms with Crippen LogP contribution >= 0.6 is 0 Å². The van der Waals surface area contributed by atoms with Crippen LogP contribution in [0.1, 0.15) is 51.5 Å². The van der Waals surface area contributed by atoms with Gasteiger partial charge in [0.05, 0.1) is 18.2 Å². The molecule has 148 valence electrons. The second-order valence-corrected chi connectivity index (χ2v) is 7.55. The number of hydrogen-bond donors (Lipinski definition) is 1. The molecule has 6 nitrogen and oxygen atoms in total. The van der Waals surface area contributed by atoms with Crippen molar-refractivity contribution < 1.29 is 19.1 Å². The molecule has 1 aromatic rings. The zero-order chi connectivity index (χ0) is 19.3. The Bertz CT molecular complexity index is 683. The predicted molar refractivity (Wildman–Crippen MR) is 104 cm³/mol. The molecule has 0 spiro atoms. The maximum atomic E-state index is 13.0. The summed E-state index contributed by atoms with van der Waals surface area (Å²) >= 11 is 0. The minimum Gasteiger partial charge on any atom is -0.496 e. The van der Waals surface area contributed by atoms with Gasteiger partial charge in [0.25, 0.3) is 0 Å². The molecule has 2 aliphatic heterocycles. The number of rotatable bonds is 7. The highest BCUT2D eigenvalue weighted by Gasteiger charge is 2.44. The smallest absolute Gasteiger partial charge is 0.226 e. The molecule has 1 N–H and O–H groups in total. The number of hydrogen-bond acceptors (Lipinski definition) is 5. The molecule has 0 aliphatic carbocycles. The molecular formula is C21H30N2O4. The Morgan fingerprint density at radius 3 is 2.81 bits per heavy atom. The van der Waals surface area contributed by atoms with Crippen LogP contribution in [0.5, 0.6) is 5.75 Å². The highest BCUT2D eigenvalue weighted by atomic mass is 16.6. The minimum absolute atomic E-state index is 0.106. The molecule has 3 rings (SSSR count). The monoisotopic (exact) mass is 374 g/mol. The number of amides is 1. The van der Waals surface area contributed by atoms with Crippen molar-refractivity contribution in [1.82, 2.24) is 5.32 Å². The molecule has 2 aliphatic rings. The van der Waals surface area contributed by atoms with Crippen LogP contribution in [-0.4, -0.2) is 44.1 Å². The summed E-state index contributed by atoms with van der Waals surface area (Å²) in [5.41, 5.74) is 1.38. The van der Waals surface area contributed by atoms with Gasteiger partial charge in [-0.2, -0.15) is 0 Å². The number of ether oxygens (including phenoxy) is 2. The fourth-order valence-corrected chi connectivity index (χ4v) is 3.78. The first-order chi connectivity index (χ1) is 13.1. The lowest BCUT2D eigenvalue weighted by Gasteiger charge is -2.37. The SMILES string of the molecule is CC[C@@H](C)NC(=O)C1(C[C@@H]2CC(c3ccccc3OC)=NO2)CCOCC1. The second-order valence-electron chi connectivity index (χ2n) is 7.55. The number of para-hydroxylation sites is 1. The molecule has 2 heterocycles. The van der Waals surface area contributed by atoms with Crippen LogP contribution < -0.4 is 10.1 Å². The van der Waals surface area contributed by atoms with Crippen LogP contribution in [0, 0.1) is 5.41 Å². The third kappa shape index (κ3) is 4.43. The molecule has 0 unspecified atom stereocenters. The summed E-state index contributed by atoms with van der Waals surface area (Å²) < 4.78 is 11.0. The molecule has 0 radical (unpaired) electrons. The summed E-state index contributed by atoms with van der Waals surface area (Å²) in [6, 6.07) is 7.98. The Kier molecular flexibility index (Phi) is 6.37. The standard InChI is InChI=1S/C21H30N2O4/c1-4-15(2)22-20(24)21(9-11-26-12-10-21)14-16-13-18(23-27-16)17-7-5-6-8-19(17)25-3/h5-8,15-16H,4,9-14H2,1-3H3,(H,22,24)/t15-,16+/m1/s1. The van der Waals surface area contributed by atoms with Crippen molar-refractivity contribution in [2.45, 2.75) is 58.1 Å². The van der Waals surface area contributed by atoms with Crippen molar-refractivity contribution in [3.05, 3.63) is 29.8 Å². The normalized spacial score (nSPS) is 22.5. The molecule has 0 aromatic heterocycles. The van der Waals surface area contributed by atoms with Crippen molar-refractivity contribution in [1.29, 1.82) is 0 Å². The van der Waals surface area contributed by atoms with Gasteiger partial charge in [-0.05, 0) is 38.3 Å². The van der Waals surface area contributed by atoms with E-state index in [1.165, 1.54) is 0 Å². The second kappa shape index (κ2) is 8.74. The van der Waals surface area contributed by atoms with Gasteiger partial charge in [-0.3, -0.25) is 4.79 Å². The van der Waals surface area contributed by atoms with E-state index in [1.807, 2.05) is 31.2 Å². The molecule has 0 bridgehead atoms. The van der Waals surface area contributed by atoms with E-state index in [4.69, 9.17) is 14.3 Å². The first-order valence-corrected chi connectivity index (χ1v) is 9.83. The van der Waals surface area contributed by atoms with Gasteiger partial charge in [0.1, 0.15) is 11.9 Å². The minimum atomic E-state index is -0.446. The lowest BCUT2D eigenvalue weighted by Crippen LogP contribution is -2.48. The van der Waals surface area contributed by atoms with Crippen LogP contribution in [0.4, 0.5) is 0 Å². The van der Waals surface area contributed by atoms with Gasteiger partial charge in [-0.1, -0.05) is 24.2 Å². The van der Waals surface area contributed by atoms with Crippen LogP contribution in [0.15, 0.2) is 29.4 Å². The lowest BCUT2D eigenvalue weighted by atomic mass is 9.74. The third-order valence-corrected chi connectivity index (χ3v) is 5.69. The Morgan fingerprint density at radius 2 is 2.11 bits per heavy atom. The van der Waals surface area contributed by atoms with E-state index in [-0.39, 0.29) is 18.1 Å². The van der Waals surface area contributed by atoms with Crippen LogP contribution in [0.3, 0.4) is 0 Å². The number of carbonyl (C=O) groups is 1. The van der Waals surface area contributed by atoms with Crippen LogP contribution in [-0.2, 0) is 14.4 Å². The predicted octanol–water partition coefficient (Wildman–Crippen LogP) is 3.29. The van der Waals surface area contributed by atoms with Crippen molar-refractivity contribution in [3.8, 4) is 5.75 Å². The Hall–Kier alpha value is -2.08. The van der Waals surface area contributed by atoms with Crippen molar-refractivity contribution >= 4 is 11.6 Å². The molecule has 1 saturated heterocycles. The first-order valence-electron chi connectivity index (χ1n) is 9.83. The van der Waals surface area contributed by atoms with Crippen molar-refractivity contribution in [2.24, 2.45) is 10.6 Å². The number of benzene rings is 1. The summed E-state index contributed by atoms with van der Waals surface area (Å²) in [4.78, 5) is 18.8. The van der Waals surface area contributed by atoms with Gasteiger partial charge in [0.2, 0.25) is 5.91 Å². The van der Waals surface area contributed by atoms with Crippen molar-refractivity contribution in [2.75, 3.05) is 20.3 Å². The largest absolute Gasteiger partial charge is 0.496 e. The Balaban J connectivity index is 1.70. The summed E-state index contributed by atoms with van der Waals surface area (Å²) in [5, 5.41) is 7.47. The van der Waals surface area contributed by atoms with E-state index in [2.05, 4.69) is 17.4 Å². The van der Waals surface area contributed by atoms with Crippen LogP contribution in [0.25, 0.3) is 0 Å². The van der Waals surface area contributed by atoms with Gasteiger partial charge in [-0.15, -0.1) is 0 Å². The van der Waals surface area contributed by atoms with Gasteiger partial charge >= 0.3 is 0 Å². The van der Waals surface area contributed by atoms with Gasteiger partial charge in [-0.25, -0.2) is 0 Å². The van der Waals surface area contributed by atoms with E-state index in [9.17, 15) is 4.79 Å². The Morgan fingerprint density at radius 1 is 1.37 bits per heavy atom. The quantitative estimate of drug-likeness (QED) is 0.795. The molecule has 0 saturated carbocycles. The molecule has 27 heavy (non-hydrogen) atoms. The summed E-state index contributed by atoms with van der Waals surface area (Å²) in [7, 11) is 1.66. The van der Waals surface area contributed by atoms with E-state index in [1.54, 1.807) is 7.11 Å². The molecule has 2 atom stereocenters. The van der Waals surface area contributed by atoms with E-state index >= 15 is 0 Å². The summed E-state index contributed by atoms with van der Waals surface area (Å²) in [6.07, 6.45) is 3.59. The van der Waals surface area contributed by atoms with Crippen molar-refractivity contribution in [3.63, 3.8) is 0 Å². The number of oxime groups is 1. The topological polar surface area (TPSA) is 69.2 Å². The fraction of sp³-hybridized carbons (Fsp3) is 0.619. The third-order valence-electron chi connectivity index (χ3n) is 5.69. The zero-order valence-corrected chi connectivity index (χ0v) is 16.5. The number of carbonyl (C=O) groups excluding carboxylic acids is 1. The highest BCUT2D eigenvalue weighted by molar-refractivity contribution is 6.03. The van der Waals surface area contributed by atoms with E-state index in [0.29, 0.717) is 26.1 Å². The zero-order valence-electron chi connectivity index (χ0n) is 16.5. The van der Waals surface area contributed by atoms with E-state index < -0.39 is 5.41 Å². The Labute approximate surface area is 161 Å². The summed E-state index contributed by atoms with van der Waals surface area (Å²) in [6.45, 7) is 5.34. The average molecular weight is 374 g/mol. The maximum Gasteiger partial charge on any atom is 0.226 e. The summed E-state index contributed by atoms with van der Waals surface area (Å²) in [5.74, 6) is 0.908. The van der Waals surface area contributed by atoms with Gasteiger partial charge in [0, 0.05) is 37.7 Å². The molecule has 1 fully saturated rings.